The fourth-order valence-corrected chi connectivity index (χ4v) is 4.16. The molecule has 0 aliphatic carbocycles. The zero-order valence-corrected chi connectivity index (χ0v) is 16.3. The molecule has 0 unspecified atom stereocenters. The Labute approximate surface area is 169 Å². The molecule has 8 nitrogen and oxygen atoms in total. The molecule has 1 N–H and O–H groups in total. The first-order valence-corrected chi connectivity index (χ1v) is 9.91. The van der Waals surface area contributed by atoms with Gasteiger partial charge in [0, 0.05) is 44.0 Å². The molecule has 4 heterocycles. The molecule has 0 atom stereocenters. The molecule has 1 fully saturated rings. The van der Waals surface area contributed by atoms with E-state index in [1.54, 1.807) is 12.4 Å². The molecule has 0 saturated carbocycles. The summed E-state index contributed by atoms with van der Waals surface area (Å²) in [6, 6.07) is 9.79. The smallest absolute Gasteiger partial charge is 0.230 e. The molecule has 2 aromatic heterocycles. The third-order valence-electron chi connectivity index (χ3n) is 5.74. The van der Waals surface area contributed by atoms with Crippen molar-refractivity contribution in [3.05, 3.63) is 54.5 Å². The molecule has 2 aliphatic heterocycles. The number of aromatic nitrogens is 4. The molecule has 3 aromatic rings. The van der Waals surface area contributed by atoms with Crippen LogP contribution in [-0.4, -0.2) is 38.7 Å². The third kappa shape index (κ3) is 3.20. The monoisotopic (exact) mass is 389 g/mol. The predicted molar refractivity (Wildman–Crippen MR) is 111 cm³/mol. The number of amides is 1. The van der Waals surface area contributed by atoms with E-state index in [0.717, 1.165) is 54.6 Å². The first-order valence-electron chi connectivity index (χ1n) is 9.91. The van der Waals surface area contributed by atoms with Gasteiger partial charge in [0.05, 0.1) is 24.1 Å². The van der Waals surface area contributed by atoms with E-state index in [1.807, 2.05) is 53.2 Å². The Bertz CT molecular complexity index is 1020. The number of rotatable bonds is 2. The van der Waals surface area contributed by atoms with E-state index >= 15 is 0 Å². The minimum absolute atomic E-state index is 0.0127. The molecule has 148 valence electrons. The van der Waals surface area contributed by atoms with Crippen LogP contribution >= 0.6 is 0 Å². The summed E-state index contributed by atoms with van der Waals surface area (Å²) in [5.74, 6) is 1.83. The number of carbonyl (C=O) groups is 1. The van der Waals surface area contributed by atoms with E-state index in [-0.39, 0.29) is 11.8 Å². The first-order chi connectivity index (χ1) is 14.2. The first kappa shape index (κ1) is 17.7. The summed E-state index contributed by atoms with van der Waals surface area (Å²) in [6.07, 6.45) is 6.94. The van der Waals surface area contributed by atoms with E-state index in [9.17, 15) is 4.79 Å². The highest BCUT2D eigenvalue weighted by Crippen LogP contribution is 2.37. The Balaban J connectivity index is 1.38. The number of hydrogen-bond donors (Lipinski definition) is 1. The van der Waals surface area contributed by atoms with Gasteiger partial charge < -0.3 is 15.1 Å². The number of para-hydroxylation sites is 2. The number of piperidine rings is 1. The lowest BCUT2D eigenvalue weighted by molar-refractivity contribution is -0.123. The van der Waals surface area contributed by atoms with Gasteiger partial charge in [0.1, 0.15) is 5.82 Å². The number of carbonyl (C=O) groups excluding carboxylic acids is 1. The second-order valence-electron chi connectivity index (χ2n) is 7.52. The number of hydrogen-bond acceptors (Lipinski definition) is 6. The standard InChI is InChI=1S/C21H23N7O/c1-26-19-16(13-24-26)14-28(18-6-3-2-5-17(18)25-19)20(29)15-7-11-27(12-8-15)21-22-9-4-10-23-21/h2-6,9-10,13,15,25H,7-8,11-12,14H2,1H3. The van der Waals surface area contributed by atoms with Crippen LogP contribution in [0.5, 0.6) is 0 Å². The highest BCUT2D eigenvalue weighted by Gasteiger charge is 2.33. The van der Waals surface area contributed by atoms with Crippen molar-refractivity contribution in [3.8, 4) is 0 Å². The largest absolute Gasteiger partial charge is 0.341 e. The van der Waals surface area contributed by atoms with Crippen LogP contribution in [0.25, 0.3) is 0 Å². The van der Waals surface area contributed by atoms with Crippen LogP contribution < -0.4 is 15.1 Å². The highest BCUT2D eigenvalue weighted by atomic mass is 16.2. The van der Waals surface area contributed by atoms with Gasteiger partial charge in [-0.05, 0) is 31.0 Å². The van der Waals surface area contributed by atoms with Gasteiger partial charge in [0.15, 0.2) is 0 Å². The second-order valence-corrected chi connectivity index (χ2v) is 7.52. The Kier molecular flexibility index (Phi) is 4.38. The fourth-order valence-electron chi connectivity index (χ4n) is 4.16. The Morgan fingerprint density at radius 2 is 1.86 bits per heavy atom. The summed E-state index contributed by atoms with van der Waals surface area (Å²) in [5, 5.41) is 7.81. The van der Waals surface area contributed by atoms with Crippen molar-refractivity contribution in [1.82, 2.24) is 19.7 Å². The van der Waals surface area contributed by atoms with Crippen molar-refractivity contribution < 1.29 is 4.79 Å². The van der Waals surface area contributed by atoms with Crippen LogP contribution in [0.15, 0.2) is 48.9 Å². The van der Waals surface area contributed by atoms with Crippen LogP contribution in [0.3, 0.4) is 0 Å². The van der Waals surface area contributed by atoms with Gasteiger partial charge in [-0.3, -0.25) is 9.48 Å². The third-order valence-corrected chi connectivity index (χ3v) is 5.74. The zero-order valence-electron chi connectivity index (χ0n) is 16.3. The molecule has 0 radical (unpaired) electrons. The molecule has 0 spiro atoms. The lowest BCUT2D eigenvalue weighted by Crippen LogP contribution is -2.43. The van der Waals surface area contributed by atoms with E-state index in [2.05, 4.69) is 25.3 Å². The van der Waals surface area contributed by atoms with Crippen molar-refractivity contribution in [1.29, 1.82) is 0 Å². The highest BCUT2D eigenvalue weighted by molar-refractivity contribution is 5.99. The van der Waals surface area contributed by atoms with E-state index in [1.165, 1.54) is 0 Å². The summed E-state index contributed by atoms with van der Waals surface area (Å²) < 4.78 is 1.82. The van der Waals surface area contributed by atoms with Crippen LogP contribution in [-0.2, 0) is 18.4 Å². The van der Waals surface area contributed by atoms with Gasteiger partial charge in [0.25, 0.3) is 0 Å². The average Bonchev–Trinajstić information content (AvgIpc) is 3.02. The van der Waals surface area contributed by atoms with Gasteiger partial charge in [0.2, 0.25) is 11.9 Å². The molecule has 29 heavy (non-hydrogen) atoms. The van der Waals surface area contributed by atoms with Crippen LogP contribution in [0.1, 0.15) is 18.4 Å². The maximum atomic E-state index is 13.5. The second kappa shape index (κ2) is 7.20. The van der Waals surface area contributed by atoms with Crippen LogP contribution in [0.4, 0.5) is 23.1 Å². The van der Waals surface area contributed by atoms with Crippen LogP contribution in [0.2, 0.25) is 0 Å². The van der Waals surface area contributed by atoms with Crippen molar-refractivity contribution >= 4 is 29.0 Å². The lowest BCUT2D eigenvalue weighted by atomic mass is 9.95. The Morgan fingerprint density at radius 1 is 1.10 bits per heavy atom. The van der Waals surface area contributed by atoms with Crippen molar-refractivity contribution in [2.24, 2.45) is 13.0 Å². The van der Waals surface area contributed by atoms with E-state index in [4.69, 9.17) is 0 Å². The Hall–Kier alpha value is -3.42. The predicted octanol–water partition coefficient (Wildman–Crippen LogP) is 2.72. The van der Waals surface area contributed by atoms with Crippen molar-refractivity contribution in [3.63, 3.8) is 0 Å². The molecule has 2 aliphatic rings. The number of aryl methyl sites for hydroxylation is 1. The van der Waals surface area contributed by atoms with Gasteiger partial charge in [-0.15, -0.1) is 0 Å². The quantitative estimate of drug-likeness (QED) is 0.726. The molecule has 8 heteroatoms. The van der Waals surface area contributed by atoms with Crippen molar-refractivity contribution in [2.45, 2.75) is 19.4 Å². The molecule has 5 rings (SSSR count). The molecule has 1 aromatic carbocycles. The normalized spacial score (nSPS) is 16.6. The minimum Gasteiger partial charge on any atom is -0.341 e. The molecular formula is C21H23N7O. The molecular weight excluding hydrogens is 366 g/mol. The minimum atomic E-state index is -0.0127. The topological polar surface area (TPSA) is 79.2 Å². The van der Waals surface area contributed by atoms with E-state index in [0.29, 0.717) is 6.54 Å². The number of benzene rings is 1. The van der Waals surface area contributed by atoms with Crippen molar-refractivity contribution in [2.75, 3.05) is 28.2 Å². The Morgan fingerprint density at radius 3 is 2.66 bits per heavy atom. The van der Waals surface area contributed by atoms with Crippen LogP contribution in [0, 0.1) is 5.92 Å². The molecule has 1 saturated heterocycles. The fraction of sp³-hybridized carbons (Fsp3) is 0.333. The summed E-state index contributed by atoms with van der Waals surface area (Å²) in [5.41, 5.74) is 2.87. The van der Waals surface area contributed by atoms with E-state index < -0.39 is 0 Å². The summed E-state index contributed by atoms with van der Waals surface area (Å²) in [4.78, 5) is 26.3. The maximum Gasteiger partial charge on any atom is 0.230 e. The molecule has 1 amide bonds. The summed E-state index contributed by atoms with van der Waals surface area (Å²) >= 11 is 0. The number of nitrogens with one attached hydrogen (secondary N) is 1. The van der Waals surface area contributed by atoms with Gasteiger partial charge in [-0.25, -0.2) is 9.97 Å². The maximum absolute atomic E-state index is 13.5. The lowest BCUT2D eigenvalue weighted by Gasteiger charge is -2.34. The molecule has 0 bridgehead atoms. The number of anilines is 4. The number of fused-ring (bicyclic) bond motifs is 2. The van der Waals surface area contributed by atoms with Gasteiger partial charge in [-0.1, -0.05) is 12.1 Å². The van der Waals surface area contributed by atoms with Gasteiger partial charge >= 0.3 is 0 Å². The summed E-state index contributed by atoms with van der Waals surface area (Å²) in [6.45, 7) is 2.09. The summed E-state index contributed by atoms with van der Waals surface area (Å²) in [7, 11) is 1.91. The zero-order chi connectivity index (χ0) is 19.8. The average molecular weight is 389 g/mol. The number of nitrogens with zero attached hydrogens (tertiary/aromatic N) is 6. The SMILES string of the molecule is Cn1ncc2c1Nc1ccccc1N(C(=O)C1CCN(c3ncccn3)CC1)C2. The van der Waals surface area contributed by atoms with Gasteiger partial charge in [-0.2, -0.15) is 5.10 Å².